The number of hydrogen-bond donors (Lipinski definition) is 2. The summed E-state index contributed by atoms with van der Waals surface area (Å²) in [5.74, 6) is 1.03. The van der Waals surface area contributed by atoms with Crippen LogP contribution in [0.1, 0.15) is 36.0 Å². The van der Waals surface area contributed by atoms with Gasteiger partial charge in [-0.1, -0.05) is 12.1 Å². The average Bonchev–Trinajstić information content (AvgIpc) is 3.42. The van der Waals surface area contributed by atoms with Crippen LogP contribution in [0.5, 0.6) is 0 Å². The molecule has 24 heavy (non-hydrogen) atoms. The molecule has 2 aromatic rings. The quantitative estimate of drug-likeness (QED) is 0.801. The minimum atomic E-state index is 0.169. The molecule has 5 nitrogen and oxygen atoms in total. The van der Waals surface area contributed by atoms with Gasteiger partial charge >= 0.3 is 0 Å². The van der Waals surface area contributed by atoms with E-state index in [0.29, 0.717) is 24.5 Å². The summed E-state index contributed by atoms with van der Waals surface area (Å²) in [6.07, 6.45) is 2.85. The molecule has 1 fully saturated rings. The number of amides is 1. The van der Waals surface area contributed by atoms with Gasteiger partial charge in [-0.25, -0.2) is 4.98 Å². The van der Waals surface area contributed by atoms with Gasteiger partial charge in [-0.15, -0.1) is 0 Å². The van der Waals surface area contributed by atoms with Crippen LogP contribution >= 0.6 is 0 Å². The number of nitriles is 1. The number of hydrogen-bond acceptors (Lipinski definition) is 4. The van der Waals surface area contributed by atoms with Crippen LogP contribution in [0.2, 0.25) is 0 Å². The standard InChI is InChI=1S/C19H22N4O/c1-12-4-5-15-10-16(11-20)18(23-17(15)13(12)2)21-8-3-9-22-19(24)14-6-7-14/h4-5,10,14H,3,6-9H2,1-2H3,(H,21,23)(H,22,24). The van der Waals surface area contributed by atoms with Crippen molar-refractivity contribution in [3.8, 4) is 6.07 Å². The molecule has 0 atom stereocenters. The fourth-order valence-corrected chi connectivity index (χ4v) is 2.70. The Labute approximate surface area is 142 Å². The monoisotopic (exact) mass is 322 g/mol. The van der Waals surface area contributed by atoms with E-state index in [1.54, 1.807) is 0 Å². The molecule has 3 rings (SSSR count). The van der Waals surface area contributed by atoms with E-state index in [0.717, 1.165) is 35.7 Å². The second kappa shape index (κ2) is 6.88. The lowest BCUT2D eigenvalue weighted by Crippen LogP contribution is -2.27. The van der Waals surface area contributed by atoms with Gasteiger partial charge in [0.25, 0.3) is 0 Å². The van der Waals surface area contributed by atoms with Crippen LogP contribution in [-0.4, -0.2) is 24.0 Å². The zero-order valence-corrected chi connectivity index (χ0v) is 14.1. The van der Waals surface area contributed by atoms with E-state index in [9.17, 15) is 10.1 Å². The minimum Gasteiger partial charge on any atom is -0.369 e. The summed E-state index contributed by atoms with van der Waals surface area (Å²) < 4.78 is 0. The Morgan fingerprint density at radius 1 is 1.33 bits per heavy atom. The molecule has 0 aliphatic heterocycles. The van der Waals surface area contributed by atoms with Crippen molar-refractivity contribution in [2.45, 2.75) is 33.1 Å². The molecule has 0 radical (unpaired) electrons. The molecule has 1 heterocycles. The van der Waals surface area contributed by atoms with Crippen LogP contribution in [0.3, 0.4) is 0 Å². The fourth-order valence-electron chi connectivity index (χ4n) is 2.70. The Morgan fingerprint density at radius 2 is 2.12 bits per heavy atom. The van der Waals surface area contributed by atoms with Crippen LogP contribution in [0.4, 0.5) is 5.82 Å². The van der Waals surface area contributed by atoms with Gasteiger partial charge in [-0.2, -0.15) is 5.26 Å². The van der Waals surface area contributed by atoms with Gasteiger partial charge in [0.1, 0.15) is 11.9 Å². The summed E-state index contributed by atoms with van der Waals surface area (Å²) in [4.78, 5) is 16.2. The molecular formula is C19H22N4O. The lowest BCUT2D eigenvalue weighted by Gasteiger charge is -2.11. The van der Waals surface area contributed by atoms with Gasteiger partial charge in [0.2, 0.25) is 5.91 Å². The van der Waals surface area contributed by atoms with E-state index in [1.165, 1.54) is 5.56 Å². The van der Waals surface area contributed by atoms with Crippen LogP contribution in [0, 0.1) is 31.1 Å². The summed E-state index contributed by atoms with van der Waals surface area (Å²) in [7, 11) is 0. The summed E-state index contributed by atoms with van der Waals surface area (Å²) in [5.41, 5.74) is 3.80. The Morgan fingerprint density at radius 3 is 2.83 bits per heavy atom. The average molecular weight is 322 g/mol. The molecule has 1 aromatic carbocycles. The van der Waals surface area contributed by atoms with Gasteiger partial charge in [-0.3, -0.25) is 4.79 Å². The molecule has 0 unspecified atom stereocenters. The predicted molar refractivity (Wildman–Crippen MR) is 94.8 cm³/mol. The van der Waals surface area contributed by atoms with Gasteiger partial charge in [-0.05, 0) is 50.3 Å². The Hall–Kier alpha value is -2.61. The first-order valence-corrected chi connectivity index (χ1v) is 8.43. The van der Waals surface area contributed by atoms with Crippen molar-refractivity contribution in [3.05, 3.63) is 34.9 Å². The van der Waals surface area contributed by atoms with Crippen LogP contribution in [0.25, 0.3) is 10.9 Å². The molecule has 0 bridgehead atoms. The second-order valence-corrected chi connectivity index (χ2v) is 6.42. The number of rotatable bonds is 6. The van der Waals surface area contributed by atoms with Crippen LogP contribution in [-0.2, 0) is 4.79 Å². The number of nitrogens with one attached hydrogen (secondary N) is 2. The lowest BCUT2D eigenvalue weighted by atomic mass is 10.0. The minimum absolute atomic E-state index is 0.169. The van der Waals surface area contributed by atoms with E-state index >= 15 is 0 Å². The summed E-state index contributed by atoms with van der Waals surface area (Å²) >= 11 is 0. The molecule has 1 amide bonds. The van der Waals surface area contributed by atoms with E-state index in [1.807, 2.05) is 19.1 Å². The van der Waals surface area contributed by atoms with Crippen molar-refractivity contribution in [1.29, 1.82) is 5.26 Å². The first-order chi connectivity index (χ1) is 11.6. The molecule has 1 aliphatic carbocycles. The van der Waals surface area contributed by atoms with Gasteiger partial charge in [0, 0.05) is 24.4 Å². The van der Waals surface area contributed by atoms with E-state index in [4.69, 9.17) is 0 Å². The lowest BCUT2D eigenvalue weighted by molar-refractivity contribution is -0.122. The van der Waals surface area contributed by atoms with Crippen molar-refractivity contribution < 1.29 is 4.79 Å². The number of anilines is 1. The summed E-state index contributed by atoms with van der Waals surface area (Å²) in [5, 5.41) is 16.5. The van der Waals surface area contributed by atoms with Crippen molar-refractivity contribution in [2.24, 2.45) is 5.92 Å². The largest absolute Gasteiger partial charge is 0.369 e. The fraction of sp³-hybridized carbons (Fsp3) is 0.421. The van der Waals surface area contributed by atoms with Gasteiger partial charge in [0.05, 0.1) is 11.1 Å². The third-order valence-electron chi connectivity index (χ3n) is 4.53. The maximum atomic E-state index is 11.6. The number of carbonyl (C=O) groups excluding carboxylic acids is 1. The van der Waals surface area contributed by atoms with Crippen LogP contribution < -0.4 is 10.6 Å². The molecule has 1 saturated carbocycles. The molecule has 1 aliphatic rings. The highest BCUT2D eigenvalue weighted by Crippen LogP contribution is 2.28. The zero-order chi connectivity index (χ0) is 17.1. The SMILES string of the molecule is Cc1ccc2cc(C#N)c(NCCCNC(=O)C3CC3)nc2c1C. The molecule has 5 heteroatoms. The topological polar surface area (TPSA) is 77.8 Å². The predicted octanol–water partition coefficient (Wildman–Crippen LogP) is 3.05. The number of pyridine rings is 1. The van der Waals surface area contributed by atoms with Crippen molar-refractivity contribution in [2.75, 3.05) is 18.4 Å². The van der Waals surface area contributed by atoms with Crippen molar-refractivity contribution in [3.63, 3.8) is 0 Å². The second-order valence-electron chi connectivity index (χ2n) is 6.42. The third kappa shape index (κ3) is 3.48. The van der Waals surface area contributed by atoms with Crippen LogP contribution in [0.15, 0.2) is 18.2 Å². The smallest absolute Gasteiger partial charge is 0.223 e. The Balaban J connectivity index is 1.65. The maximum absolute atomic E-state index is 11.6. The Kier molecular flexibility index (Phi) is 4.66. The van der Waals surface area contributed by atoms with Gasteiger partial charge < -0.3 is 10.6 Å². The molecular weight excluding hydrogens is 300 g/mol. The van der Waals surface area contributed by atoms with Crippen molar-refractivity contribution >= 4 is 22.6 Å². The number of nitrogens with zero attached hydrogens (tertiary/aromatic N) is 2. The van der Waals surface area contributed by atoms with Crippen molar-refractivity contribution in [1.82, 2.24) is 10.3 Å². The number of benzene rings is 1. The number of carbonyl (C=O) groups is 1. The summed E-state index contributed by atoms with van der Waals surface area (Å²) in [6, 6.07) is 8.14. The first kappa shape index (κ1) is 16.3. The molecule has 1 aromatic heterocycles. The molecule has 0 saturated heterocycles. The van der Waals surface area contributed by atoms with E-state index in [-0.39, 0.29) is 11.8 Å². The van der Waals surface area contributed by atoms with E-state index in [2.05, 4.69) is 34.7 Å². The molecule has 124 valence electrons. The highest BCUT2D eigenvalue weighted by Gasteiger charge is 2.28. The number of aryl methyl sites for hydroxylation is 2. The first-order valence-electron chi connectivity index (χ1n) is 8.43. The summed E-state index contributed by atoms with van der Waals surface area (Å²) in [6.45, 7) is 5.43. The Bertz CT molecular complexity index is 818. The highest BCUT2D eigenvalue weighted by molar-refractivity contribution is 5.86. The zero-order valence-electron chi connectivity index (χ0n) is 14.1. The maximum Gasteiger partial charge on any atom is 0.223 e. The highest BCUT2D eigenvalue weighted by atomic mass is 16.2. The van der Waals surface area contributed by atoms with E-state index < -0.39 is 0 Å². The molecule has 0 spiro atoms. The van der Waals surface area contributed by atoms with Gasteiger partial charge in [0.15, 0.2) is 0 Å². The number of aromatic nitrogens is 1. The number of fused-ring (bicyclic) bond motifs is 1. The normalized spacial score (nSPS) is 13.5. The third-order valence-corrected chi connectivity index (χ3v) is 4.53. The molecule has 2 N–H and O–H groups in total.